The smallest absolute Gasteiger partial charge is 0.227 e. The fraction of sp³-hybridized carbons (Fsp3) is 0.217. The summed E-state index contributed by atoms with van der Waals surface area (Å²) in [5, 5.41) is 16.6. The van der Waals surface area contributed by atoms with Gasteiger partial charge in [0.1, 0.15) is 5.52 Å². The molecule has 0 bridgehead atoms. The van der Waals surface area contributed by atoms with Crippen LogP contribution in [-0.4, -0.2) is 52.1 Å². The molecule has 0 radical (unpaired) electrons. The standard InChI is InChI=1S/C23H23N7O2S/c31-33(32,20-9-11-24-12-10-20)19-6-4-18(5-7-19)27-23-25-14-17(15-26-23)2-1-16-3-8-21-22(13-16)29-30-28-21/h1-8,13-15,20,24H,9-12H2,(H,25,26,27)(H,28,29,30). The predicted molar refractivity (Wildman–Crippen MR) is 128 cm³/mol. The van der Waals surface area contributed by atoms with Crippen molar-refractivity contribution in [3.63, 3.8) is 0 Å². The van der Waals surface area contributed by atoms with Crippen LogP contribution in [0.25, 0.3) is 23.2 Å². The maximum atomic E-state index is 12.8. The number of H-pyrrole nitrogens is 1. The van der Waals surface area contributed by atoms with Crippen molar-refractivity contribution in [2.45, 2.75) is 23.0 Å². The molecule has 1 fully saturated rings. The predicted octanol–water partition coefficient (Wildman–Crippen LogP) is 3.19. The molecule has 4 aromatic rings. The summed E-state index contributed by atoms with van der Waals surface area (Å²) < 4.78 is 25.6. The first-order chi connectivity index (χ1) is 16.1. The van der Waals surface area contributed by atoms with Crippen LogP contribution >= 0.6 is 0 Å². The van der Waals surface area contributed by atoms with Gasteiger partial charge < -0.3 is 10.6 Å². The van der Waals surface area contributed by atoms with Gasteiger partial charge in [-0.1, -0.05) is 23.4 Å². The molecule has 9 nitrogen and oxygen atoms in total. The van der Waals surface area contributed by atoms with Gasteiger partial charge in [0.25, 0.3) is 0 Å². The van der Waals surface area contributed by atoms with Crippen LogP contribution < -0.4 is 10.6 Å². The first-order valence-corrected chi connectivity index (χ1v) is 12.3. The van der Waals surface area contributed by atoms with Crippen LogP contribution in [0.15, 0.2) is 59.8 Å². The highest BCUT2D eigenvalue weighted by Gasteiger charge is 2.28. The Morgan fingerprint density at radius 2 is 1.67 bits per heavy atom. The summed E-state index contributed by atoms with van der Waals surface area (Å²) in [4.78, 5) is 9.05. The number of nitrogens with zero attached hydrogens (tertiary/aromatic N) is 4. The molecule has 0 saturated carbocycles. The molecule has 1 saturated heterocycles. The van der Waals surface area contributed by atoms with Gasteiger partial charge in [-0.25, -0.2) is 18.4 Å². The highest BCUT2D eigenvalue weighted by Crippen LogP contribution is 2.24. The van der Waals surface area contributed by atoms with Crippen LogP contribution in [0.3, 0.4) is 0 Å². The van der Waals surface area contributed by atoms with Gasteiger partial charge in [0.2, 0.25) is 5.95 Å². The van der Waals surface area contributed by atoms with Crippen molar-refractivity contribution in [2.24, 2.45) is 0 Å². The number of benzene rings is 2. The van der Waals surface area contributed by atoms with E-state index in [1.54, 1.807) is 36.7 Å². The molecule has 2 aromatic heterocycles. The molecule has 33 heavy (non-hydrogen) atoms. The molecule has 10 heteroatoms. The van der Waals surface area contributed by atoms with Crippen LogP contribution in [0.2, 0.25) is 0 Å². The number of anilines is 2. The fourth-order valence-electron chi connectivity index (χ4n) is 3.80. The summed E-state index contributed by atoms with van der Waals surface area (Å²) in [6, 6.07) is 12.6. The van der Waals surface area contributed by atoms with Gasteiger partial charge in [0, 0.05) is 23.6 Å². The summed E-state index contributed by atoms with van der Waals surface area (Å²) in [6.45, 7) is 1.48. The Balaban J connectivity index is 1.23. The minimum atomic E-state index is -3.31. The summed E-state index contributed by atoms with van der Waals surface area (Å²) in [5.74, 6) is 0.435. The molecule has 0 atom stereocenters. The lowest BCUT2D eigenvalue weighted by Crippen LogP contribution is -2.35. The van der Waals surface area contributed by atoms with Crippen molar-refractivity contribution in [2.75, 3.05) is 18.4 Å². The number of hydrogen-bond donors (Lipinski definition) is 3. The molecule has 3 heterocycles. The first-order valence-electron chi connectivity index (χ1n) is 10.7. The molecule has 1 aliphatic rings. The summed E-state index contributed by atoms with van der Waals surface area (Å²) >= 11 is 0. The average molecular weight is 462 g/mol. The third kappa shape index (κ3) is 4.76. The Bertz CT molecular complexity index is 1370. The van der Waals surface area contributed by atoms with E-state index in [2.05, 4.69) is 36.0 Å². The van der Waals surface area contributed by atoms with E-state index in [-0.39, 0.29) is 5.25 Å². The lowest BCUT2D eigenvalue weighted by molar-refractivity contribution is 0.496. The lowest BCUT2D eigenvalue weighted by atomic mass is 10.1. The van der Waals surface area contributed by atoms with Gasteiger partial charge in [0.05, 0.1) is 15.7 Å². The van der Waals surface area contributed by atoms with Gasteiger partial charge >= 0.3 is 0 Å². The quantitative estimate of drug-likeness (QED) is 0.400. The molecule has 2 aromatic carbocycles. The summed E-state index contributed by atoms with van der Waals surface area (Å²) in [7, 11) is -3.31. The van der Waals surface area contributed by atoms with E-state index in [4.69, 9.17) is 0 Å². The number of piperidine rings is 1. The average Bonchev–Trinajstić information content (AvgIpc) is 3.33. The monoisotopic (exact) mass is 461 g/mol. The molecule has 0 aliphatic carbocycles. The molecule has 0 unspecified atom stereocenters. The Morgan fingerprint density at radius 3 is 2.42 bits per heavy atom. The Morgan fingerprint density at radius 1 is 0.939 bits per heavy atom. The second-order valence-electron chi connectivity index (χ2n) is 7.91. The highest BCUT2D eigenvalue weighted by atomic mass is 32.2. The van der Waals surface area contributed by atoms with Gasteiger partial charge in [-0.3, -0.25) is 5.10 Å². The number of rotatable bonds is 6. The zero-order valence-electron chi connectivity index (χ0n) is 17.8. The molecule has 0 amide bonds. The van der Waals surface area contributed by atoms with Gasteiger partial charge in [0.15, 0.2) is 9.84 Å². The number of sulfone groups is 1. The van der Waals surface area contributed by atoms with Crippen LogP contribution in [0, 0.1) is 0 Å². The third-order valence-corrected chi connectivity index (χ3v) is 7.93. The SMILES string of the molecule is O=S(=O)(c1ccc(Nc2ncc(C=Cc3ccc4[nH]nnc4c3)cn2)cc1)C1CCNCC1. The molecule has 5 rings (SSSR count). The largest absolute Gasteiger partial charge is 0.324 e. The zero-order valence-corrected chi connectivity index (χ0v) is 18.6. The van der Waals surface area contributed by atoms with Crippen molar-refractivity contribution in [1.82, 2.24) is 30.7 Å². The Kier molecular flexibility index (Phi) is 5.84. The molecular weight excluding hydrogens is 438 g/mol. The minimum absolute atomic E-state index is 0.320. The zero-order chi connectivity index (χ0) is 22.7. The Labute approximate surface area is 191 Å². The van der Waals surface area contributed by atoms with Gasteiger partial charge in [-0.2, -0.15) is 0 Å². The number of hydrogen-bond acceptors (Lipinski definition) is 8. The number of fused-ring (bicyclic) bond motifs is 1. The van der Waals surface area contributed by atoms with Crippen molar-refractivity contribution < 1.29 is 8.42 Å². The van der Waals surface area contributed by atoms with E-state index in [1.807, 2.05) is 30.4 Å². The van der Waals surface area contributed by atoms with E-state index in [1.165, 1.54) is 0 Å². The normalized spacial score (nSPS) is 15.3. The Hall–Kier alpha value is -3.63. The molecule has 3 N–H and O–H groups in total. The topological polar surface area (TPSA) is 126 Å². The van der Waals surface area contributed by atoms with E-state index in [0.717, 1.165) is 40.9 Å². The number of aromatic nitrogens is 5. The maximum Gasteiger partial charge on any atom is 0.227 e. The third-order valence-electron chi connectivity index (χ3n) is 5.65. The molecular formula is C23H23N7O2S. The number of nitrogens with one attached hydrogen (secondary N) is 3. The van der Waals surface area contributed by atoms with Crippen molar-refractivity contribution in [3.8, 4) is 0 Å². The van der Waals surface area contributed by atoms with E-state index in [9.17, 15) is 8.42 Å². The first kappa shape index (κ1) is 21.2. The fourth-order valence-corrected chi connectivity index (χ4v) is 5.56. The van der Waals surface area contributed by atoms with Crippen LogP contribution in [0.5, 0.6) is 0 Å². The summed E-state index contributed by atoms with van der Waals surface area (Å²) in [6.07, 6.45) is 8.61. The minimum Gasteiger partial charge on any atom is -0.324 e. The maximum absolute atomic E-state index is 12.8. The van der Waals surface area contributed by atoms with Crippen molar-refractivity contribution >= 4 is 44.7 Å². The highest BCUT2D eigenvalue weighted by molar-refractivity contribution is 7.92. The van der Waals surface area contributed by atoms with Crippen molar-refractivity contribution in [1.29, 1.82) is 0 Å². The second-order valence-corrected chi connectivity index (χ2v) is 10.1. The lowest BCUT2D eigenvalue weighted by Gasteiger charge is -2.22. The number of aromatic amines is 1. The molecule has 168 valence electrons. The van der Waals surface area contributed by atoms with Crippen LogP contribution in [0.4, 0.5) is 11.6 Å². The van der Waals surface area contributed by atoms with Crippen LogP contribution in [-0.2, 0) is 9.84 Å². The van der Waals surface area contributed by atoms with E-state index in [0.29, 0.717) is 23.7 Å². The molecule has 1 aliphatic heterocycles. The van der Waals surface area contributed by atoms with Crippen molar-refractivity contribution in [3.05, 3.63) is 66.0 Å². The van der Waals surface area contributed by atoms with Crippen LogP contribution in [0.1, 0.15) is 24.0 Å². The van der Waals surface area contributed by atoms with Gasteiger partial charge in [-0.15, -0.1) is 5.10 Å². The van der Waals surface area contributed by atoms with E-state index < -0.39 is 9.84 Å². The summed E-state index contributed by atoms with van der Waals surface area (Å²) in [5.41, 5.74) is 4.27. The molecule has 0 spiro atoms. The van der Waals surface area contributed by atoms with Gasteiger partial charge in [-0.05, 0) is 67.9 Å². The van der Waals surface area contributed by atoms with E-state index >= 15 is 0 Å². The second kappa shape index (κ2) is 9.08.